The molecule has 0 unspecified atom stereocenters. The average molecular weight is 635 g/mol. The number of rotatable bonds is 13. The molecular formula is C31H37Cl2N3O5S. The lowest BCUT2D eigenvalue weighted by atomic mass is 10.1. The molecule has 0 aromatic heterocycles. The molecule has 1 N–H and O–H groups in total. The Morgan fingerprint density at radius 1 is 0.952 bits per heavy atom. The number of ether oxygens (including phenoxy) is 1. The first kappa shape index (κ1) is 33.2. The lowest BCUT2D eigenvalue weighted by molar-refractivity contribution is -0.140. The summed E-state index contributed by atoms with van der Waals surface area (Å²) in [5, 5.41) is 3.61. The first-order valence-corrected chi connectivity index (χ1v) is 15.9. The first-order valence-electron chi connectivity index (χ1n) is 13.7. The minimum Gasteiger partial charge on any atom is -0.495 e. The summed E-state index contributed by atoms with van der Waals surface area (Å²) in [6, 6.07) is 16.9. The number of nitrogens with one attached hydrogen (secondary N) is 1. The number of halogens is 2. The average Bonchev–Trinajstić information content (AvgIpc) is 2.97. The summed E-state index contributed by atoms with van der Waals surface area (Å²) in [7, 11) is -2.80. The topological polar surface area (TPSA) is 96.0 Å². The van der Waals surface area contributed by atoms with E-state index in [9.17, 15) is 18.0 Å². The van der Waals surface area contributed by atoms with E-state index in [0.29, 0.717) is 28.5 Å². The Labute approximate surface area is 258 Å². The standard InChI is InChI=1S/C31H37Cl2N3O5S/c1-6-22(4)34-31(38)27(7-2)35(19-23-14-17-25(32)26(33)18-23)30(37)20-36(28-10-8-9-11-29(28)41-5)42(39,40)24-15-12-21(3)13-16-24/h8-18,22,27H,6-7,19-20H2,1-5H3,(H,34,38)/t22-,27+/m0/s1. The largest absolute Gasteiger partial charge is 0.495 e. The fourth-order valence-electron chi connectivity index (χ4n) is 4.38. The van der Waals surface area contributed by atoms with Gasteiger partial charge in [-0.15, -0.1) is 0 Å². The van der Waals surface area contributed by atoms with E-state index in [1.807, 2.05) is 20.8 Å². The molecule has 0 aliphatic rings. The molecule has 2 amide bonds. The van der Waals surface area contributed by atoms with Gasteiger partial charge in [0.1, 0.15) is 18.3 Å². The second-order valence-corrected chi connectivity index (χ2v) is 12.7. The Morgan fingerprint density at radius 3 is 2.21 bits per heavy atom. The molecule has 0 aliphatic heterocycles. The number of amides is 2. The van der Waals surface area contributed by atoms with Gasteiger partial charge in [0.05, 0.1) is 27.7 Å². The van der Waals surface area contributed by atoms with Gasteiger partial charge >= 0.3 is 0 Å². The number of aryl methyl sites for hydroxylation is 1. The number of carbonyl (C=O) groups excluding carboxylic acids is 2. The van der Waals surface area contributed by atoms with Crippen molar-refractivity contribution in [3.63, 3.8) is 0 Å². The van der Waals surface area contributed by atoms with Crippen molar-refractivity contribution < 1.29 is 22.7 Å². The Bertz CT molecular complexity index is 1500. The highest BCUT2D eigenvalue weighted by atomic mass is 35.5. The Kier molecular flexibility index (Phi) is 11.7. The van der Waals surface area contributed by atoms with Crippen LogP contribution in [0.4, 0.5) is 5.69 Å². The molecule has 0 saturated heterocycles. The SMILES string of the molecule is CC[C@H](C(=O)N[C@@H](C)CC)N(Cc1ccc(Cl)c(Cl)c1)C(=O)CN(c1ccccc1OC)S(=O)(=O)c1ccc(C)cc1. The third-order valence-corrected chi connectivity index (χ3v) is 9.48. The maximum Gasteiger partial charge on any atom is 0.264 e. The van der Waals surface area contributed by atoms with Gasteiger partial charge in [-0.2, -0.15) is 0 Å². The van der Waals surface area contributed by atoms with Crippen LogP contribution in [0.3, 0.4) is 0 Å². The highest BCUT2D eigenvalue weighted by Crippen LogP contribution is 2.33. The lowest BCUT2D eigenvalue weighted by Crippen LogP contribution is -2.53. The second kappa shape index (κ2) is 14.8. The van der Waals surface area contributed by atoms with E-state index in [1.165, 1.54) is 24.1 Å². The van der Waals surface area contributed by atoms with E-state index in [4.69, 9.17) is 27.9 Å². The molecule has 3 aromatic rings. The molecule has 0 fully saturated rings. The van der Waals surface area contributed by atoms with Crippen LogP contribution in [0.15, 0.2) is 71.6 Å². The molecule has 0 radical (unpaired) electrons. The van der Waals surface area contributed by atoms with E-state index in [-0.39, 0.29) is 34.8 Å². The van der Waals surface area contributed by atoms with Gasteiger partial charge in [0, 0.05) is 12.6 Å². The maximum atomic E-state index is 14.2. The van der Waals surface area contributed by atoms with Crippen molar-refractivity contribution in [2.24, 2.45) is 0 Å². The minimum absolute atomic E-state index is 0.00645. The smallest absolute Gasteiger partial charge is 0.264 e. The maximum absolute atomic E-state index is 14.2. The molecule has 11 heteroatoms. The summed E-state index contributed by atoms with van der Waals surface area (Å²) >= 11 is 12.4. The van der Waals surface area contributed by atoms with Crippen LogP contribution in [0.2, 0.25) is 10.0 Å². The number of hydrogen-bond acceptors (Lipinski definition) is 5. The third-order valence-electron chi connectivity index (χ3n) is 6.97. The normalized spacial score (nSPS) is 12.7. The molecule has 42 heavy (non-hydrogen) atoms. The molecule has 0 aliphatic carbocycles. The van der Waals surface area contributed by atoms with Gasteiger partial charge in [-0.25, -0.2) is 8.42 Å². The molecule has 0 spiro atoms. The van der Waals surface area contributed by atoms with Gasteiger partial charge in [-0.3, -0.25) is 13.9 Å². The summed E-state index contributed by atoms with van der Waals surface area (Å²) in [4.78, 5) is 29.0. The number of methoxy groups -OCH3 is 1. The summed E-state index contributed by atoms with van der Waals surface area (Å²) in [6.07, 6.45) is 1.01. The van der Waals surface area contributed by atoms with Crippen molar-refractivity contribution in [3.05, 3.63) is 87.9 Å². The van der Waals surface area contributed by atoms with Gasteiger partial charge in [-0.1, -0.05) is 72.9 Å². The van der Waals surface area contributed by atoms with Gasteiger partial charge < -0.3 is 15.0 Å². The van der Waals surface area contributed by atoms with Crippen LogP contribution in [-0.4, -0.2) is 50.9 Å². The number of anilines is 1. The van der Waals surface area contributed by atoms with E-state index in [0.717, 1.165) is 9.87 Å². The molecule has 0 bridgehead atoms. The molecule has 3 aromatic carbocycles. The number of nitrogens with zero attached hydrogens (tertiary/aromatic N) is 2. The molecule has 8 nitrogen and oxygen atoms in total. The van der Waals surface area contributed by atoms with Crippen LogP contribution in [-0.2, 0) is 26.2 Å². The van der Waals surface area contributed by atoms with Crippen molar-refractivity contribution in [1.82, 2.24) is 10.2 Å². The zero-order valence-corrected chi connectivity index (χ0v) is 26.8. The number of hydrogen-bond donors (Lipinski definition) is 1. The predicted molar refractivity (Wildman–Crippen MR) is 168 cm³/mol. The van der Waals surface area contributed by atoms with Crippen LogP contribution in [0.1, 0.15) is 44.7 Å². The number of para-hydroxylation sites is 2. The van der Waals surface area contributed by atoms with Crippen LogP contribution in [0, 0.1) is 6.92 Å². The number of carbonyl (C=O) groups is 2. The monoisotopic (exact) mass is 633 g/mol. The quantitative estimate of drug-likeness (QED) is 0.241. The van der Waals surface area contributed by atoms with Crippen molar-refractivity contribution >= 4 is 50.7 Å². The summed E-state index contributed by atoms with van der Waals surface area (Å²) < 4.78 is 34.6. The van der Waals surface area contributed by atoms with Gasteiger partial charge in [0.15, 0.2) is 0 Å². The highest BCUT2D eigenvalue weighted by Gasteiger charge is 2.35. The first-order chi connectivity index (χ1) is 19.9. The predicted octanol–water partition coefficient (Wildman–Crippen LogP) is 6.23. The summed E-state index contributed by atoms with van der Waals surface area (Å²) in [5.41, 5.74) is 1.72. The van der Waals surface area contributed by atoms with Gasteiger partial charge in [-0.05, 0) is 68.7 Å². The Hall–Kier alpha value is -3.27. The Morgan fingerprint density at radius 2 is 1.62 bits per heavy atom. The molecule has 226 valence electrons. The molecular weight excluding hydrogens is 597 g/mol. The molecule has 3 rings (SSSR count). The third kappa shape index (κ3) is 7.96. The Balaban J connectivity index is 2.11. The number of benzene rings is 3. The van der Waals surface area contributed by atoms with Gasteiger partial charge in [0.25, 0.3) is 10.0 Å². The molecule has 2 atom stereocenters. The van der Waals surface area contributed by atoms with E-state index < -0.39 is 28.5 Å². The van der Waals surface area contributed by atoms with E-state index in [2.05, 4.69) is 5.32 Å². The fourth-order valence-corrected chi connectivity index (χ4v) is 6.13. The zero-order valence-electron chi connectivity index (χ0n) is 24.4. The van der Waals surface area contributed by atoms with Crippen LogP contribution in [0.25, 0.3) is 0 Å². The van der Waals surface area contributed by atoms with Crippen LogP contribution in [0.5, 0.6) is 5.75 Å². The molecule has 0 heterocycles. The van der Waals surface area contributed by atoms with Crippen molar-refractivity contribution in [2.45, 2.75) is 64.1 Å². The van der Waals surface area contributed by atoms with E-state index in [1.54, 1.807) is 61.5 Å². The van der Waals surface area contributed by atoms with Crippen LogP contribution < -0.4 is 14.4 Å². The lowest BCUT2D eigenvalue weighted by Gasteiger charge is -2.34. The second-order valence-electron chi connectivity index (χ2n) is 10.0. The van der Waals surface area contributed by atoms with Crippen molar-refractivity contribution in [3.8, 4) is 5.75 Å². The minimum atomic E-state index is -4.23. The van der Waals surface area contributed by atoms with Gasteiger partial charge in [0.2, 0.25) is 11.8 Å². The van der Waals surface area contributed by atoms with E-state index >= 15 is 0 Å². The fraction of sp³-hybridized carbons (Fsp3) is 0.355. The zero-order chi connectivity index (χ0) is 31.0. The highest BCUT2D eigenvalue weighted by molar-refractivity contribution is 7.92. The van der Waals surface area contributed by atoms with Crippen molar-refractivity contribution in [1.29, 1.82) is 0 Å². The summed E-state index contributed by atoms with van der Waals surface area (Å²) in [5.74, 6) is -0.627. The molecule has 0 saturated carbocycles. The van der Waals surface area contributed by atoms with Crippen LogP contribution >= 0.6 is 23.2 Å². The van der Waals surface area contributed by atoms with Crippen molar-refractivity contribution in [2.75, 3.05) is 18.0 Å². The summed E-state index contributed by atoms with van der Waals surface area (Å²) in [6.45, 7) is 6.92. The number of sulfonamides is 1.